The summed E-state index contributed by atoms with van der Waals surface area (Å²) in [7, 11) is 1.62. The average molecular weight is 670 g/mol. The Morgan fingerprint density at radius 1 is 0.896 bits per heavy atom. The van der Waals surface area contributed by atoms with E-state index < -0.39 is 23.8 Å². The minimum absolute atomic E-state index is 0.0760. The molecule has 0 saturated carbocycles. The van der Waals surface area contributed by atoms with Gasteiger partial charge < -0.3 is 27.4 Å². The van der Waals surface area contributed by atoms with Gasteiger partial charge in [-0.3, -0.25) is 24.8 Å². The summed E-state index contributed by atoms with van der Waals surface area (Å²) in [6, 6.07) is 16.7. The predicted octanol–water partition coefficient (Wildman–Crippen LogP) is 4.22. The Morgan fingerprint density at radius 2 is 1.62 bits per heavy atom. The van der Waals surface area contributed by atoms with Gasteiger partial charge in [-0.05, 0) is 104 Å². The van der Waals surface area contributed by atoms with Gasteiger partial charge in [-0.15, -0.1) is 0 Å². The van der Waals surface area contributed by atoms with Crippen molar-refractivity contribution in [2.75, 3.05) is 25.6 Å². The number of para-hydroxylation sites is 1. The molecule has 0 radical (unpaired) electrons. The Balaban J connectivity index is 1.77. The summed E-state index contributed by atoms with van der Waals surface area (Å²) in [6.07, 6.45) is -1.36. The first kappa shape index (κ1) is 38.0. The second-order valence-electron chi connectivity index (χ2n) is 11.6. The number of hydrazine groups is 1. The summed E-state index contributed by atoms with van der Waals surface area (Å²) in [6.45, 7) is 2.95. The second-order valence-corrected chi connectivity index (χ2v) is 11.6. The van der Waals surface area contributed by atoms with Crippen molar-refractivity contribution in [3.05, 3.63) is 89.0 Å². The zero-order chi connectivity index (χ0) is 35.1. The molecular weight excluding hydrogens is 623 g/mol. The van der Waals surface area contributed by atoms with Crippen LogP contribution in [0, 0.1) is 6.92 Å². The maximum atomic E-state index is 13.6. The highest BCUT2D eigenvalue weighted by molar-refractivity contribution is 5.90. The fraction of sp³-hybridized carbons (Fsp3) is 0.400. The van der Waals surface area contributed by atoms with Crippen molar-refractivity contribution in [2.45, 2.75) is 70.4 Å². The van der Waals surface area contributed by atoms with E-state index >= 15 is 0 Å². The van der Waals surface area contributed by atoms with Crippen molar-refractivity contribution in [3.63, 3.8) is 0 Å². The summed E-state index contributed by atoms with van der Waals surface area (Å²) in [4.78, 5) is 38.1. The molecule has 48 heavy (non-hydrogen) atoms. The number of amides is 3. The number of nitrogens with one attached hydrogen (secondary N) is 4. The van der Waals surface area contributed by atoms with Crippen LogP contribution in [0.4, 0.5) is 18.9 Å². The molecule has 0 fully saturated rings. The highest BCUT2D eigenvalue weighted by Crippen LogP contribution is 2.33. The molecule has 0 saturated heterocycles. The second kappa shape index (κ2) is 18.8. The van der Waals surface area contributed by atoms with Crippen LogP contribution in [0.25, 0.3) is 11.1 Å². The van der Waals surface area contributed by atoms with E-state index in [-0.39, 0.29) is 24.9 Å². The van der Waals surface area contributed by atoms with Crippen molar-refractivity contribution in [1.29, 1.82) is 0 Å². The van der Waals surface area contributed by atoms with Crippen LogP contribution in [0.3, 0.4) is 0 Å². The maximum Gasteiger partial charge on any atom is 0.416 e. The van der Waals surface area contributed by atoms with Crippen molar-refractivity contribution in [3.8, 4) is 11.1 Å². The van der Waals surface area contributed by atoms with Crippen LogP contribution in [0.15, 0.2) is 66.7 Å². The van der Waals surface area contributed by atoms with Gasteiger partial charge in [-0.2, -0.15) is 13.2 Å². The molecule has 0 aliphatic heterocycles. The minimum Gasteiger partial charge on any atom is -0.355 e. The highest BCUT2D eigenvalue weighted by Gasteiger charge is 2.31. The van der Waals surface area contributed by atoms with Crippen molar-refractivity contribution < 1.29 is 27.6 Å². The van der Waals surface area contributed by atoms with Crippen LogP contribution in [0.5, 0.6) is 0 Å². The van der Waals surface area contributed by atoms with Gasteiger partial charge in [0.05, 0.1) is 17.3 Å². The van der Waals surface area contributed by atoms with E-state index in [1.165, 1.54) is 11.1 Å². The van der Waals surface area contributed by atoms with Crippen LogP contribution in [0.1, 0.15) is 54.4 Å². The van der Waals surface area contributed by atoms with Gasteiger partial charge in [0, 0.05) is 20.1 Å². The monoisotopic (exact) mass is 669 g/mol. The summed E-state index contributed by atoms with van der Waals surface area (Å²) >= 11 is 0. The third-order valence-electron chi connectivity index (χ3n) is 7.94. The normalized spacial score (nSPS) is 12.6. The fourth-order valence-electron chi connectivity index (χ4n) is 5.28. The van der Waals surface area contributed by atoms with Crippen LogP contribution in [-0.2, 0) is 33.6 Å². The van der Waals surface area contributed by atoms with Crippen LogP contribution in [-0.4, -0.2) is 55.5 Å². The number of nitrogens with zero attached hydrogens (tertiary/aromatic N) is 1. The lowest BCUT2D eigenvalue weighted by Crippen LogP contribution is -2.53. The average Bonchev–Trinajstić information content (AvgIpc) is 3.07. The van der Waals surface area contributed by atoms with Gasteiger partial charge in [0.1, 0.15) is 6.04 Å². The SMILES string of the molecule is Cc1ccccc1NN(C)C(=O)[C@H](CCCCN)NC(=O)[C@H](CCCN)NCc1cccc(-c2ccc(C(F)(F)F)cc2CNC=O)c1. The smallest absolute Gasteiger partial charge is 0.355 e. The van der Waals surface area contributed by atoms with Crippen LogP contribution in [0.2, 0.25) is 0 Å². The van der Waals surface area contributed by atoms with E-state index in [0.717, 1.165) is 28.9 Å². The Morgan fingerprint density at radius 3 is 2.31 bits per heavy atom. The quantitative estimate of drug-likeness (QED) is 0.0635. The Hall–Kier alpha value is -4.46. The van der Waals surface area contributed by atoms with Crippen molar-refractivity contribution >= 4 is 23.9 Å². The molecule has 3 amide bonds. The molecule has 0 aliphatic carbocycles. The summed E-state index contributed by atoms with van der Waals surface area (Å²) in [5.74, 6) is -0.648. The number of anilines is 1. The molecule has 3 aromatic carbocycles. The maximum absolute atomic E-state index is 13.6. The third kappa shape index (κ3) is 11.4. The Labute approximate surface area is 279 Å². The Kier molecular flexibility index (Phi) is 14.9. The van der Waals surface area contributed by atoms with E-state index in [4.69, 9.17) is 11.5 Å². The molecule has 0 bridgehead atoms. The van der Waals surface area contributed by atoms with E-state index in [2.05, 4.69) is 21.4 Å². The molecule has 2 atom stereocenters. The molecule has 13 heteroatoms. The van der Waals surface area contributed by atoms with Gasteiger partial charge in [0.2, 0.25) is 12.3 Å². The number of unbranched alkanes of at least 4 members (excludes halogenated alkanes) is 1. The Bertz CT molecular complexity index is 1500. The standard InChI is InChI=1S/C35H46F3N7O3/c1-24-9-3-4-12-30(24)44-45(2)34(48)32(13-5-6-17-39)43-33(47)31(14-8-18-40)42-21-25-10-7-11-26(19-25)29-16-15-28(35(36,37)38)20-27(29)22-41-23-46/h3-4,7,9-12,15-16,19-20,23,31-32,42,44H,5-6,8,13-14,17-18,21-22,39-40H2,1-2H3,(H,41,46)(H,43,47)/t31-,32-/m0/s1. The number of likely N-dealkylation sites (N-methyl/N-ethyl adjacent to an activating group) is 1. The fourth-order valence-corrected chi connectivity index (χ4v) is 5.28. The summed E-state index contributed by atoms with van der Waals surface area (Å²) < 4.78 is 40.2. The molecule has 0 heterocycles. The topological polar surface area (TPSA) is 155 Å². The molecule has 0 aromatic heterocycles. The predicted molar refractivity (Wildman–Crippen MR) is 181 cm³/mol. The zero-order valence-electron chi connectivity index (χ0n) is 27.4. The molecule has 3 rings (SSSR count). The number of hydrogen-bond donors (Lipinski definition) is 6. The van der Waals surface area contributed by atoms with Crippen molar-refractivity contribution in [1.82, 2.24) is 21.0 Å². The summed E-state index contributed by atoms with van der Waals surface area (Å²) in [5, 5.41) is 10.0. The lowest BCUT2D eigenvalue weighted by molar-refractivity contribution is -0.137. The number of alkyl halides is 3. The molecule has 0 spiro atoms. The molecular formula is C35H46F3N7O3. The first-order valence-electron chi connectivity index (χ1n) is 16.0. The molecule has 3 aromatic rings. The van der Waals surface area contributed by atoms with Gasteiger partial charge in [-0.25, -0.2) is 0 Å². The van der Waals surface area contributed by atoms with Crippen LogP contribution < -0.4 is 32.8 Å². The van der Waals surface area contributed by atoms with Gasteiger partial charge in [-0.1, -0.05) is 42.5 Å². The minimum atomic E-state index is -4.53. The lowest BCUT2D eigenvalue weighted by atomic mass is 9.95. The first-order chi connectivity index (χ1) is 23.0. The number of nitrogens with two attached hydrogens (primary N) is 2. The van der Waals surface area contributed by atoms with E-state index in [1.54, 1.807) is 19.2 Å². The number of benzene rings is 3. The highest BCUT2D eigenvalue weighted by atomic mass is 19.4. The van der Waals surface area contributed by atoms with E-state index in [9.17, 15) is 27.6 Å². The zero-order valence-corrected chi connectivity index (χ0v) is 27.4. The number of carbonyl (C=O) groups excluding carboxylic acids is 3. The van der Waals surface area contributed by atoms with E-state index in [0.29, 0.717) is 68.3 Å². The molecule has 10 nitrogen and oxygen atoms in total. The summed E-state index contributed by atoms with van der Waals surface area (Å²) in [5.41, 5.74) is 17.8. The number of carbonyl (C=O) groups is 3. The molecule has 0 unspecified atom stereocenters. The molecule has 0 aliphatic rings. The number of hydrogen-bond acceptors (Lipinski definition) is 7. The third-order valence-corrected chi connectivity index (χ3v) is 7.94. The van der Waals surface area contributed by atoms with E-state index in [1.807, 2.05) is 43.3 Å². The van der Waals surface area contributed by atoms with Gasteiger partial charge in [0.15, 0.2) is 0 Å². The lowest BCUT2D eigenvalue weighted by Gasteiger charge is -2.28. The molecule has 8 N–H and O–H groups in total. The van der Waals surface area contributed by atoms with Gasteiger partial charge in [0.25, 0.3) is 5.91 Å². The first-order valence-corrected chi connectivity index (χ1v) is 16.0. The number of halogens is 3. The van der Waals surface area contributed by atoms with Crippen molar-refractivity contribution in [2.24, 2.45) is 11.5 Å². The number of aryl methyl sites for hydroxylation is 1. The molecule has 260 valence electrons. The number of rotatable bonds is 19. The largest absolute Gasteiger partial charge is 0.416 e. The van der Waals surface area contributed by atoms with Gasteiger partial charge >= 0.3 is 6.18 Å². The van der Waals surface area contributed by atoms with Crippen LogP contribution >= 0.6 is 0 Å².